The van der Waals surface area contributed by atoms with Gasteiger partial charge >= 0.3 is 5.97 Å². The summed E-state index contributed by atoms with van der Waals surface area (Å²) in [7, 11) is 1.41. The second-order valence-corrected chi connectivity index (χ2v) is 4.28. The molecule has 0 saturated carbocycles. The lowest BCUT2D eigenvalue weighted by molar-refractivity contribution is -0.234. The summed E-state index contributed by atoms with van der Waals surface area (Å²) in [5.74, 6) is -0.938. The van der Waals surface area contributed by atoms with Gasteiger partial charge in [0.05, 0.1) is 25.7 Å². The fraction of sp³-hybridized carbons (Fsp3) is 0.909. The lowest BCUT2D eigenvalue weighted by Crippen LogP contribution is -2.58. The number of hydrogen-bond acceptors (Lipinski definition) is 6. The van der Waals surface area contributed by atoms with Crippen molar-refractivity contribution in [3.05, 3.63) is 0 Å². The van der Waals surface area contributed by atoms with Crippen molar-refractivity contribution >= 4 is 5.97 Å². The third-order valence-corrected chi connectivity index (χ3v) is 2.94. The standard InChI is InChI=1S/C11H20O7/c1-6-9(14)10(15)11(16-2)7(18-6)5-17-4-3-8(12)13/h6-7,9-11,14-15H,3-5H2,1-2H3,(H,12,13)/t6-,7?,9?,10+,11+/m1/s1. The number of aliphatic carboxylic acids is 1. The molecule has 18 heavy (non-hydrogen) atoms. The molecule has 1 aliphatic rings. The number of hydrogen-bond donors (Lipinski definition) is 3. The van der Waals surface area contributed by atoms with Gasteiger partial charge in [-0.05, 0) is 6.92 Å². The van der Waals surface area contributed by atoms with Crippen molar-refractivity contribution in [3.63, 3.8) is 0 Å². The van der Waals surface area contributed by atoms with E-state index in [4.69, 9.17) is 19.3 Å². The quantitative estimate of drug-likeness (QED) is 0.528. The van der Waals surface area contributed by atoms with Crippen molar-refractivity contribution in [3.8, 4) is 0 Å². The van der Waals surface area contributed by atoms with E-state index < -0.39 is 36.5 Å². The number of ether oxygens (including phenoxy) is 3. The number of carbonyl (C=O) groups is 1. The van der Waals surface area contributed by atoms with Crippen LogP contribution in [-0.4, -0.2) is 72.1 Å². The minimum Gasteiger partial charge on any atom is -0.481 e. The molecule has 1 saturated heterocycles. The van der Waals surface area contributed by atoms with Crippen LogP contribution in [0.2, 0.25) is 0 Å². The zero-order valence-corrected chi connectivity index (χ0v) is 10.5. The Morgan fingerprint density at radius 1 is 1.33 bits per heavy atom. The summed E-state index contributed by atoms with van der Waals surface area (Å²) < 4.78 is 15.7. The fourth-order valence-electron chi connectivity index (χ4n) is 1.91. The summed E-state index contributed by atoms with van der Waals surface area (Å²) in [6.07, 6.45) is -3.90. The predicted molar refractivity (Wildman–Crippen MR) is 60.2 cm³/mol. The Hall–Kier alpha value is -0.730. The molecule has 3 N–H and O–H groups in total. The second-order valence-electron chi connectivity index (χ2n) is 4.28. The van der Waals surface area contributed by atoms with Gasteiger partial charge in [0.2, 0.25) is 0 Å². The molecule has 1 heterocycles. The van der Waals surface area contributed by atoms with Crippen molar-refractivity contribution in [2.75, 3.05) is 20.3 Å². The van der Waals surface area contributed by atoms with Crippen molar-refractivity contribution in [2.24, 2.45) is 0 Å². The van der Waals surface area contributed by atoms with Crippen LogP contribution in [0.15, 0.2) is 0 Å². The fourth-order valence-corrected chi connectivity index (χ4v) is 1.91. The molecular weight excluding hydrogens is 244 g/mol. The van der Waals surface area contributed by atoms with E-state index in [1.54, 1.807) is 6.92 Å². The van der Waals surface area contributed by atoms with E-state index in [9.17, 15) is 15.0 Å². The maximum Gasteiger partial charge on any atom is 0.305 e. The Bertz CT molecular complexity index is 270. The number of methoxy groups -OCH3 is 1. The van der Waals surface area contributed by atoms with Gasteiger partial charge in [0.15, 0.2) is 0 Å². The molecule has 0 aliphatic carbocycles. The van der Waals surface area contributed by atoms with Crippen molar-refractivity contribution < 1.29 is 34.3 Å². The highest BCUT2D eigenvalue weighted by Crippen LogP contribution is 2.23. The minimum atomic E-state index is -1.05. The maximum atomic E-state index is 10.3. The van der Waals surface area contributed by atoms with Crippen LogP contribution >= 0.6 is 0 Å². The smallest absolute Gasteiger partial charge is 0.305 e. The van der Waals surface area contributed by atoms with E-state index in [1.807, 2.05) is 0 Å². The third kappa shape index (κ3) is 3.89. The molecule has 5 atom stereocenters. The first-order chi connectivity index (χ1) is 8.47. The lowest BCUT2D eigenvalue weighted by Gasteiger charge is -2.40. The van der Waals surface area contributed by atoms with E-state index in [0.717, 1.165) is 0 Å². The summed E-state index contributed by atoms with van der Waals surface area (Å²) in [6.45, 7) is 1.82. The normalized spacial score (nSPS) is 36.6. The Kier molecular flexibility index (Phi) is 5.97. The van der Waals surface area contributed by atoms with Gasteiger partial charge in [-0.25, -0.2) is 0 Å². The van der Waals surface area contributed by atoms with Crippen molar-refractivity contribution in [1.29, 1.82) is 0 Å². The van der Waals surface area contributed by atoms with Gasteiger partial charge in [-0.15, -0.1) is 0 Å². The molecule has 7 nitrogen and oxygen atoms in total. The summed E-state index contributed by atoms with van der Waals surface area (Å²) >= 11 is 0. The first-order valence-corrected chi connectivity index (χ1v) is 5.81. The molecule has 0 aromatic rings. The average molecular weight is 264 g/mol. The van der Waals surface area contributed by atoms with Crippen LogP contribution in [0.25, 0.3) is 0 Å². The van der Waals surface area contributed by atoms with Gasteiger partial charge in [0, 0.05) is 7.11 Å². The number of carboxylic acids is 1. The van der Waals surface area contributed by atoms with Gasteiger partial charge in [0.1, 0.15) is 24.4 Å². The van der Waals surface area contributed by atoms with E-state index in [1.165, 1.54) is 7.11 Å². The van der Waals surface area contributed by atoms with Crippen LogP contribution < -0.4 is 0 Å². The van der Waals surface area contributed by atoms with Crippen LogP contribution in [0.3, 0.4) is 0 Å². The van der Waals surface area contributed by atoms with Crippen LogP contribution in [0.4, 0.5) is 0 Å². The molecule has 0 aromatic carbocycles. The number of rotatable bonds is 6. The van der Waals surface area contributed by atoms with Gasteiger partial charge in [-0.1, -0.05) is 0 Å². The molecule has 106 valence electrons. The Morgan fingerprint density at radius 2 is 2.00 bits per heavy atom. The van der Waals surface area contributed by atoms with Crippen LogP contribution in [0, 0.1) is 0 Å². The number of aliphatic hydroxyl groups excluding tert-OH is 2. The number of aliphatic hydroxyl groups is 2. The molecular formula is C11H20O7. The Balaban J connectivity index is 2.44. The molecule has 7 heteroatoms. The van der Waals surface area contributed by atoms with E-state index >= 15 is 0 Å². The average Bonchev–Trinajstić information content (AvgIpc) is 2.32. The zero-order valence-electron chi connectivity index (χ0n) is 10.5. The minimum absolute atomic E-state index is 0.0681. The largest absolute Gasteiger partial charge is 0.481 e. The SMILES string of the molecule is CO[C@H]1C(COCCC(=O)O)O[C@H](C)C(O)[C@@H]1O. The van der Waals surface area contributed by atoms with E-state index in [0.29, 0.717) is 0 Å². The predicted octanol–water partition coefficient (Wildman–Crippen LogP) is -0.998. The molecule has 1 fully saturated rings. The molecule has 0 amide bonds. The van der Waals surface area contributed by atoms with Gasteiger partial charge < -0.3 is 29.5 Å². The molecule has 2 unspecified atom stereocenters. The zero-order chi connectivity index (χ0) is 13.7. The second kappa shape index (κ2) is 7.01. The monoisotopic (exact) mass is 264 g/mol. The highest BCUT2D eigenvalue weighted by molar-refractivity contribution is 5.66. The van der Waals surface area contributed by atoms with Crippen LogP contribution in [0.1, 0.15) is 13.3 Å². The Morgan fingerprint density at radius 3 is 2.56 bits per heavy atom. The molecule has 1 aliphatic heterocycles. The molecule has 0 aromatic heterocycles. The topological polar surface area (TPSA) is 105 Å². The van der Waals surface area contributed by atoms with Crippen molar-refractivity contribution in [2.45, 2.75) is 43.9 Å². The molecule has 0 spiro atoms. The number of carboxylic acid groups (broad SMARTS) is 1. The van der Waals surface area contributed by atoms with E-state index in [2.05, 4.69) is 0 Å². The van der Waals surface area contributed by atoms with Gasteiger partial charge in [0.25, 0.3) is 0 Å². The Labute approximate surface area is 105 Å². The van der Waals surface area contributed by atoms with Gasteiger partial charge in [-0.3, -0.25) is 4.79 Å². The third-order valence-electron chi connectivity index (χ3n) is 2.94. The van der Waals surface area contributed by atoms with E-state index in [-0.39, 0.29) is 19.6 Å². The summed E-state index contributed by atoms with van der Waals surface area (Å²) in [5, 5.41) is 27.9. The first kappa shape index (κ1) is 15.3. The highest BCUT2D eigenvalue weighted by atomic mass is 16.6. The van der Waals surface area contributed by atoms with Crippen LogP contribution in [0.5, 0.6) is 0 Å². The lowest BCUT2D eigenvalue weighted by atomic mass is 9.96. The summed E-state index contributed by atoms with van der Waals surface area (Å²) in [6, 6.07) is 0. The molecule has 1 rings (SSSR count). The first-order valence-electron chi connectivity index (χ1n) is 5.81. The summed E-state index contributed by atoms with van der Waals surface area (Å²) in [5.41, 5.74) is 0. The maximum absolute atomic E-state index is 10.3. The van der Waals surface area contributed by atoms with Crippen molar-refractivity contribution in [1.82, 2.24) is 0 Å². The van der Waals surface area contributed by atoms with Crippen LogP contribution in [-0.2, 0) is 19.0 Å². The van der Waals surface area contributed by atoms with Gasteiger partial charge in [-0.2, -0.15) is 0 Å². The highest BCUT2D eigenvalue weighted by Gasteiger charge is 2.42. The summed E-state index contributed by atoms with van der Waals surface area (Å²) in [4.78, 5) is 10.3. The molecule has 0 bridgehead atoms. The molecule has 0 radical (unpaired) electrons.